The number of hydrogen-bond acceptors (Lipinski definition) is 3. The molecule has 2 aromatic rings. The predicted molar refractivity (Wildman–Crippen MR) is 103 cm³/mol. The standard InChI is InChI=1S/C21H24N4O/c1-2-24-20-5-3-4-18(19(20)13-23-24)21(26)25(16-8-9-16)17-7-6-14-11-22-12-15(14)10-17/h3-5,12-13,16-17H,2,6-11H2,1H3. The van der Waals surface area contributed by atoms with Crippen LogP contribution in [-0.4, -0.2) is 45.4 Å². The molecule has 26 heavy (non-hydrogen) atoms. The van der Waals surface area contributed by atoms with Crippen molar-refractivity contribution in [1.82, 2.24) is 14.7 Å². The van der Waals surface area contributed by atoms with Gasteiger partial charge in [-0.05, 0) is 62.3 Å². The number of nitrogens with zero attached hydrogens (tertiary/aromatic N) is 4. The Kier molecular flexibility index (Phi) is 3.69. The Morgan fingerprint density at radius 1 is 1.27 bits per heavy atom. The smallest absolute Gasteiger partial charge is 0.255 e. The second kappa shape index (κ2) is 6.08. The number of carbonyl (C=O) groups is 1. The van der Waals surface area contributed by atoms with Gasteiger partial charge in [0.1, 0.15) is 0 Å². The van der Waals surface area contributed by atoms with E-state index in [9.17, 15) is 4.79 Å². The Morgan fingerprint density at radius 2 is 2.15 bits per heavy atom. The molecule has 3 aliphatic rings. The van der Waals surface area contributed by atoms with Crippen LogP contribution in [0, 0.1) is 0 Å². The first kappa shape index (κ1) is 15.8. The van der Waals surface area contributed by atoms with E-state index < -0.39 is 0 Å². The zero-order valence-corrected chi connectivity index (χ0v) is 15.2. The lowest BCUT2D eigenvalue weighted by atomic mass is 9.88. The van der Waals surface area contributed by atoms with Crippen LogP contribution in [0.3, 0.4) is 0 Å². The monoisotopic (exact) mass is 348 g/mol. The molecule has 1 unspecified atom stereocenters. The second-order valence-electron chi connectivity index (χ2n) is 7.64. The summed E-state index contributed by atoms with van der Waals surface area (Å²) in [5.41, 5.74) is 4.70. The van der Waals surface area contributed by atoms with E-state index in [1.807, 2.05) is 29.2 Å². The van der Waals surface area contributed by atoms with Gasteiger partial charge in [0, 0.05) is 30.2 Å². The van der Waals surface area contributed by atoms with E-state index in [0.717, 1.165) is 61.7 Å². The molecule has 0 saturated heterocycles. The molecule has 134 valence electrons. The Labute approximate surface area is 153 Å². The third kappa shape index (κ3) is 2.49. The van der Waals surface area contributed by atoms with Crippen molar-refractivity contribution in [3.63, 3.8) is 0 Å². The van der Waals surface area contributed by atoms with E-state index in [2.05, 4.69) is 28.0 Å². The zero-order chi connectivity index (χ0) is 17.7. The van der Waals surface area contributed by atoms with Gasteiger partial charge in [-0.1, -0.05) is 6.07 Å². The first-order valence-electron chi connectivity index (χ1n) is 9.74. The molecule has 1 aromatic heterocycles. The fourth-order valence-electron chi connectivity index (χ4n) is 4.49. The Hall–Kier alpha value is -2.43. The normalized spacial score (nSPS) is 22.1. The highest BCUT2D eigenvalue weighted by molar-refractivity contribution is 6.06. The van der Waals surface area contributed by atoms with Crippen LogP contribution in [0.1, 0.15) is 49.4 Å². The number of rotatable bonds is 4. The summed E-state index contributed by atoms with van der Waals surface area (Å²) in [6, 6.07) is 6.71. The van der Waals surface area contributed by atoms with Crippen LogP contribution in [0.4, 0.5) is 0 Å². The summed E-state index contributed by atoms with van der Waals surface area (Å²) >= 11 is 0. The average molecular weight is 348 g/mol. The minimum Gasteiger partial charge on any atom is -0.332 e. The van der Waals surface area contributed by atoms with Crippen LogP contribution in [-0.2, 0) is 6.54 Å². The SMILES string of the molecule is CCn1ncc2c(C(=O)N(C3CC3)C3CCC4=C(C=NC4)C3)cccc21. The Bertz CT molecular complexity index is 935. The number of aromatic nitrogens is 2. The molecule has 0 N–H and O–H groups in total. The third-order valence-electron chi connectivity index (χ3n) is 6.00. The Morgan fingerprint density at radius 3 is 2.96 bits per heavy atom. The highest BCUT2D eigenvalue weighted by atomic mass is 16.2. The van der Waals surface area contributed by atoms with Crippen molar-refractivity contribution < 1.29 is 4.79 Å². The Balaban J connectivity index is 1.50. The molecule has 1 aromatic carbocycles. The van der Waals surface area contributed by atoms with Crippen LogP contribution in [0.2, 0.25) is 0 Å². The molecule has 0 radical (unpaired) electrons. The van der Waals surface area contributed by atoms with E-state index in [1.54, 1.807) is 0 Å². The quantitative estimate of drug-likeness (QED) is 0.848. The lowest BCUT2D eigenvalue weighted by molar-refractivity contribution is 0.0647. The molecule has 1 aliphatic heterocycles. The highest BCUT2D eigenvalue weighted by Crippen LogP contribution is 2.38. The topological polar surface area (TPSA) is 50.5 Å². The number of amides is 1. The van der Waals surface area contributed by atoms with Gasteiger partial charge in [-0.15, -0.1) is 0 Å². The highest BCUT2D eigenvalue weighted by Gasteiger charge is 2.40. The lowest BCUT2D eigenvalue weighted by Crippen LogP contribution is -2.43. The van der Waals surface area contributed by atoms with Crippen LogP contribution in [0.25, 0.3) is 10.9 Å². The number of fused-ring (bicyclic) bond motifs is 1. The molecule has 0 bridgehead atoms. The number of hydrogen-bond donors (Lipinski definition) is 0. The lowest BCUT2D eigenvalue weighted by Gasteiger charge is -2.35. The van der Waals surface area contributed by atoms with Crippen LogP contribution >= 0.6 is 0 Å². The molecular formula is C21H24N4O. The fraction of sp³-hybridized carbons (Fsp3) is 0.476. The minimum absolute atomic E-state index is 0.178. The molecule has 1 atom stereocenters. The number of benzene rings is 1. The summed E-state index contributed by atoms with van der Waals surface area (Å²) in [6.07, 6.45) is 9.25. The van der Waals surface area contributed by atoms with E-state index in [1.165, 1.54) is 11.1 Å². The maximum Gasteiger partial charge on any atom is 0.255 e. The second-order valence-corrected chi connectivity index (χ2v) is 7.64. The number of carbonyl (C=O) groups excluding carboxylic acids is 1. The van der Waals surface area contributed by atoms with Gasteiger partial charge in [0.15, 0.2) is 0 Å². The van der Waals surface area contributed by atoms with Crippen molar-refractivity contribution in [2.24, 2.45) is 4.99 Å². The van der Waals surface area contributed by atoms with Crippen LogP contribution in [0.5, 0.6) is 0 Å². The van der Waals surface area contributed by atoms with E-state index in [-0.39, 0.29) is 5.91 Å². The van der Waals surface area contributed by atoms with Gasteiger partial charge in [0.2, 0.25) is 0 Å². The summed E-state index contributed by atoms with van der Waals surface area (Å²) in [5.74, 6) is 0.178. The van der Waals surface area contributed by atoms with E-state index >= 15 is 0 Å². The van der Waals surface area contributed by atoms with Gasteiger partial charge in [-0.25, -0.2) is 0 Å². The average Bonchev–Trinajstić information content (AvgIpc) is 3.22. The summed E-state index contributed by atoms with van der Waals surface area (Å²) in [6.45, 7) is 3.76. The number of aryl methyl sites for hydroxylation is 1. The first-order valence-corrected chi connectivity index (χ1v) is 9.74. The van der Waals surface area contributed by atoms with Crippen molar-refractivity contribution in [3.05, 3.63) is 41.1 Å². The molecule has 0 spiro atoms. The van der Waals surface area contributed by atoms with E-state index in [0.29, 0.717) is 12.1 Å². The molecule has 5 heteroatoms. The molecule has 1 amide bonds. The van der Waals surface area contributed by atoms with Gasteiger partial charge < -0.3 is 4.90 Å². The van der Waals surface area contributed by atoms with Gasteiger partial charge in [0.05, 0.1) is 23.8 Å². The van der Waals surface area contributed by atoms with Crippen molar-refractivity contribution in [2.75, 3.05) is 6.54 Å². The first-order chi connectivity index (χ1) is 12.8. The molecule has 5 nitrogen and oxygen atoms in total. The maximum atomic E-state index is 13.6. The third-order valence-corrected chi connectivity index (χ3v) is 6.00. The number of aliphatic imine (C=N–C) groups is 1. The van der Waals surface area contributed by atoms with Gasteiger partial charge in [0.25, 0.3) is 5.91 Å². The molecular weight excluding hydrogens is 324 g/mol. The van der Waals surface area contributed by atoms with Crippen LogP contribution in [0.15, 0.2) is 40.5 Å². The summed E-state index contributed by atoms with van der Waals surface area (Å²) in [4.78, 5) is 20.2. The van der Waals surface area contributed by atoms with Gasteiger partial charge in [-0.3, -0.25) is 14.5 Å². The largest absolute Gasteiger partial charge is 0.332 e. The van der Waals surface area contributed by atoms with Crippen molar-refractivity contribution in [2.45, 2.75) is 57.7 Å². The van der Waals surface area contributed by atoms with Gasteiger partial charge >= 0.3 is 0 Å². The molecule has 1 fully saturated rings. The molecule has 2 aliphatic carbocycles. The summed E-state index contributed by atoms with van der Waals surface area (Å²) < 4.78 is 1.96. The van der Waals surface area contributed by atoms with Crippen LogP contribution < -0.4 is 0 Å². The molecule has 1 saturated carbocycles. The minimum atomic E-state index is 0.178. The van der Waals surface area contributed by atoms with Crippen molar-refractivity contribution >= 4 is 23.0 Å². The predicted octanol–water partition coefficient (Wildman–Crippen LogP) is 3.59. The van der Waals surface area contributed by atoms with E-state index in [4.69, 9.17) is 0 Å². The summed E-state index contributed by atoms with van der Waals surface area (Å²) in [7, 11) is 0. The maximum absolute atomic E-state index is 13.6. The molecule has 5 rings (SSSR count). The molecule has 2 heterocycles. The van der Waals surface area contributed by atoms with Gasteiger partial charge in [-0.2, -0.15) is 5.10 Å². The summed E-state index contributed by atoms with van der Waals surface area (Å²) in [5, 5.41) is 5.43. The van der Waals surface area contributed by atoms with Crippen molar-refractivity contribution in [1.29, 1.82) is 0 Å². The fourth-order valence-corrected chi connectivity index (χ4v) is 4.49. The zero-order valence-electron chi connectivity index (χ0n) is 15.2. The van der Waals surface area contributed by atoms with Crippen molar-refractivity contribution in [3.8, 4) is 0 Å².